The summed E-state index contributed by atoms with van der Waals surface area (Å²) in [7, 11) is 1.87. The summed E-state index contributed by atoms with van der Waals surface area (Å²) in [5.41, 5.74) is 6.77. The average molecular weight is 246 g/mol. The first-order valence-electron chi connectivity index (χ1n) is 6.33. The third kappa shape index (κ3) is 1.82. The second kappa shape index (κ2) is 4.20. The van der Waals surface area contributed by atoms with E-state index in [0.717, 1.165) is 29.9 Å². The van der Waals surface area contributed by atoms with E-state index in [1.54, 1.807) is 10.9 Å². The molecule has 2 N–H and O–H groups in total. The molecule has 0 aromatic carbocycles. The molecule has 0 amide bonds. The number of fused-ring (bicyclic) bond motifs is 1. The van der Waals surface area contributed by atoms with Gasteiger partial charge in [-0.2, -0.15) is 5.10 Å². The predicted molar refractivity (Wildman–Crippen MR) is 69.8 cm³/mol. The van der Waals surface area contributed by atoms with Gasteiger partial charge in [-0.1, -0.05) is 0 Å². The fraction of sp³-hybridized carbons (Fsp3) is 0.583. The minimum absolute atomic E-state index is 0.523. The number of aryl methyl sites for hydroxylation is 1. The molecule has 1 unspecified atom stereocenters. The molecule has 0 saturated carbocycles. The summed E-state index contributed by atoms with van der Waals surface area (Å²) in [6, 6.07) is 0.608. The maximum atomic E-state index is 5.96. The van der Waals surface area contributed by atoms with Crippen LogP contribution in [0.25, 0.3) is 11.0 Å². The lowest BCUT2D eigenvalue weighted by atomic mass is 10.2. The Balaban J connectivity index is 1.94. The number of nitrogens with zero attached hydrogens (tertiary/aromatic N) is 5. The third-order valence-corrected chi connectivity index (χ3v) is 3.70. The Morgan fingerprint density at radius 2 is 2.28 bits per heavy atom. The predicted octanol–water partition coefficient (Wildman–Crippen LogP) is 0.930. The SMILES string of the molecule is CC1CCCN1Cc1nc(N)c2cnn(C)c2n1. The van der Waals surface area contributed by atoms with Crippen LogP contribution < -0.4 is 5.73 Å². The fourth-order valence-corrected chi connectivity index (χ4v) is 2.57. The van der Waals surface area contributed by atoms with Crippen molar-refractivity contribution in [1.82, 2.24) is 24.6 Å². The lowest BCUT2D eigenvalue weighted by molar-refractivity contribution is 0.254. The number of anilines is 1. The molecule has 1 atom stereocenters. The zero-order chi connectivity index (χ0) is 12.7. The van der Waals surface area contributed by atoms with E-state index in [0.29, 0.717) is 11.9 Å². The van der Waals surface area contributed by atoms with E-state index >= 15 is 0 Å². The summed E-state index contributed by atoms with van der Waals surface area (Å²) in [5.74, 6) is 1.31. The van der Waals surface area contributed by atoms with Crippen molar-refractivity contribution in [2.24, 2.45) is 7.05 Å². The molecule has 1 fully saturated rings. The Kier molecular flexibility index (Phi) is 2.66. The van der Waals surface area contributed by atoms with Crippen LogP contribution in [0.15, 0.2) is 6.20 Å². The highest BCUT2D eigenvalue weighted by atomic mass is 15.3. The smallest absolute Gasteiger partial charge is 0.163 e. The standard InChI is InChI=1S/C12H18N6/c1-8-4-3-5-18(8)7-10-15-11(13)9-6-14-17(2)12(9)16-10/h6,8H,3-5,7H2,1-2H3,(H2,13,15,16). The van der Waals surface area contributed by atoms with Crippen molar-refractivity contribution in [3.8, 4) is 0 Å². The van der Waals surface area contributed by atoms with Crippen molar-refractivity contribution in [3.63, 3.8) is 0 Å². The van der Waals surface area contributed by atoms with Crippen LogP contribution in [-0.2, 0) is 13.6 Å². The lowest BCUT2D eigenvalue weighted by Gasteiger charge is -2.19. The molecule has 2 aromatic heterocycles. The van der Waals surface area contributed by atoms with Crippen LogP contribution in [0.4, 0.5) is 5.82 Å². The van der Waals surface area contributed by atoms with Crippen LogP contribution in [0.1, 0.15) is 25.6 Å². The summed E-state index contributed by atoms with van der Waals surface area (Å²) in [6.07, 6.45) is 4.22. The molecule has 3 rings (SSSR count). The highest BCUT2D eigenvalue weighted by molar-refractivity contribution is 5.84. The van der Waals surface area contributed by atoms with Crippen molar-refractivity contribution in [1.29, 1.82) is 0 Å². The van der Waals surface area contributed by atoms with Gasteiger partial charge in [-0.3, -0.25) is 9.58 Å². The summed E-state index contributed by atoms with van der Waals surface area (Å²) in [4.78, 5) is 11.3. The number of nitrogens with two attached hydrogens (primary N) is 1. The number of hydrogen-bond acceptors (Lipinski definition) is 5. The number of aromatic nitrogens is 4. The highest BCUT2D eigenvalue weighted by Crippen LogP contribution is 2.21. The second-order valence-corrected chi connectivity index (χ2v) is 4.99. The van der Waals surface area contributed by atoms with Gasteiger partial charge in [-0.05, 0) is 26.3 Å². The maximum absolute atomic E-state index is 5.96. The largest absolute Gasteiger partial charge is 0.383 e. The van der Waals surface area contributed by atoms with Gasteiger partial charge >= 0.3 is 0 Å². The van der Waals surface area contributed by atoms with Crippen LogP contribution in [0, 0.1) is 0 Å². The second-order valence-electron chi connectivity index (χ2n) is 4.99. The topological polar surface area (TPSA) is 72.9 Å². The number of nitrogen functional groups attached to an aromatic ring is 1. The Morgan fingerprint density at radius 3 is 3.00 bits per heavy atom. The molecule has 6 nitrogen and oxygen atoms in total. The van der Waals surface area contributed by atoms with E-state index in [-0.39, 0.29) is 0 Å². The Bertz CT molecular complexity index is 575. The molecular weight excluding hydrogens is 228 g/mol. The van der Waals surface area contributed by atoms with Gasteiger partial charge in [0, 0.05) is 13.1 Å². The summed E-state index contributed by atoms with van der Waals surface area (Å²) in [5, 5.41) is 4.99. The lowest BCUT2D eigenvalue weighted by Crippen LogP contribution is -2.27. The van der Waals surface area contributed by atoms with Crippen LogP contribution in [-0.4, -0.2) is 37.2 Å². The maximum Gasteiger partial charge on any atom is 0.163 e. The molecular formula is C12H18N6. The number of likely N-dealkylation sites (tertiary alicyclic amines) is 1. The monoisotopic (exact) mass is 246 g/mol. The van der Waals surface area contributed by atoms with Gasteiger partial charge in [0.25, 0.3) is 0 Å². The molecule has 0 aliphatic carbocycles. The van der Waals surface area contributed by atoms with Gasteiger partial charge in [0.1, 0.15) is 11.6 Å². The first-order valence-corrected chi connectivity index (χ1v) is 6.33. The Labute approximate surface area is 106 Å². The van der Waals surface area contributed by atoms with Crippen molar-refractivity contribution >= 4 is 16.9 Å². The van der Waals surface area contributed by atoms with Crippen LogP contribution in [0.3, 0.4) is 0 Å². The fourth-order valence-electron chi connectivity index (χ4n) is 2.57. The van der Waals surface area contributed by atoms with Gasteiger partial charge in [-0.25, -0.2) is 9.97 Å². The zero-order valence-electron chi connectivity index (χ0n) is 10.8. The third-order valence-electron chi connectivity index (χ3n) is 3.70. The molecule has 6 heteroatoms. The Hall–Kier alpha value is -1.69. The van der Waals surface area contributed by atoms with E-state index in [4.69, 9.17) is 5.73 Å². The average Bonchev–Trinajstić information content (AvgIpc) is 2.88. The molecule has 0 spiro atoms. The van der Waals surface area contributed by atoms with Gasteiger partial charge < -0.3 is 5.73 Å². The van der Waals surface area contributed by atoms with E-state index in [9.17, 15) is 0 Å². The van der Waals surface area contributed by atoms with Gasteiger partial charge in [0.05, 0.1) is 18.1 Å². The van der Waals surface area contributed by atoms with Crippen molar-refractivity contribution < 1.29 is 0 Å². The van der Waals surface area contributed by atoms with E-state index in [2.05, 4.69) is 26.9 Å². The van der Waals surface area contributed by atoms with E-state index < -0.39 is 0 Å². The van der Waals surface area contributed by atoms with E-state index in [1.807, 2.05) is 7.05 Å². The molecule has 1 aliphatic heterocycles. The first-order chi connectivity index (χ1) is 8.65. The van der Waals surface area contributed by atoms with E-state index in [1.165, 1.54) is 12.8 Å². The zero-order valence-corrected chi connectivity index (χ0v) is 10.8. The first kappa shape index (κ1) is 11.4. The van der Waals surface area contributed by atoms with Crippen molar-refractivity contribution in [3.05, 3.63) is 12.0 Å². The van der Waals surface area contributed by atoms with Gasteiger partial charge in [0.15, 0.2) is 5.65 Å². The van der Waals surface area contributed by atoms with Crippen molar-refractivity contribution in [2.75, 3.05) is 12.3 Å². The summed E-state index contributed by atoms with van der Waals surface area (Å²) in [6.45, 7) is 4.14. The Morgan fingerprint density at radius 1 is 1.44 bits per heavy atom. The molecule has 3 heterocycles. The molecule has 1 aliphatic rings. The highest BCUT2D eigenvalue weighted by Gasteiger charge is 2.21. The number of hydrogen-bond donors (Lipinski definition) is 1. The molecule has 96 valence electrons. The number of rotatable bonds is 2. The van der Waals surface area contributed by atoms with Crippen LogP contribution in [0.2, 0.25) is 0 Å². The molecule has 2 aromatic rings. The minimum Gasteiger partial charge on any atom is -0.383 e. The van der Waals surface area contributed by atoms with Crippen molar-refractivity contribution in [2.45, 2.75) is 32.4 Å². The minimum atomic E-state index is 0.523. The molecule has 0 radical (unpaired) electrons. The summed E-state index contributed by atoms with van der Waals surface area (Å²) >= 11 is 0. The van der Waals surface area contributed by atoms with Gasteiger partial charge in [-0.15, -0.1) is 0 Å². The molecule has 18 heavy (non-hydrogen) atoms. The van der Waals surface area contributed by atoms with Gasteiger partial charge in [0.2, 0.25) is 0 Å². The molecule has 0 bridgehead atoms. The molecule has 1 saturated heterocycles. The summed E-state index contributed by atoms with van der Waals surface area (Å²) < 4.78 is 1.74. The quantitative estimate of drug-likeness (QED) is 0.853. The van der Waals surface area contributed by atoms with Crippen LogP contribution >= 0.6 is 0 Å². The van der Waals surface area contributed by atoms with Crippen LogP contribution in [0.5, 0.6) is 0 Å². The normalized spacial score (nSPS) is 20.9.